The molecule has 96 valence electrons. The quantitative estimate of drug-likeness (QED) is 0.690. The molecule has 0 saturated carbocycles. The van der Waals surface area contributed by atoms with Gasteiger partial charge in [0.1, 0.15) is 5.78 Å². The first-order chi connectivity index (χ1) is 8.15. The molecule has 17 heavy (non-hydrogen) atoms. The lowest BCUT2D eigenvalue weighted by atomic mass is 10.1. The van der Waals surface area contributed by atoms with Crippen molar-refractivity contribution in [1.82, 2.24) is 14.7 Å². The molecule has 0 fully saturated rings. The second kappa shape index (κ2) is 7.22. The van der Waals surface area contributed by atoms with E-state index in [2.05, 4.69) is 23.8 Å². The van der Waals surface area contributed by atoms with E-state index in [4.69, 9.17) is 0 Å². The fourth-order valence-electron chi connectivity index (χ4n) is 1.83. The summed E-state index contributed by atoms with van der Waals surface area (Å²) in [5, 5.41) is 4.09. The Kier molecular flexibility index (Phi) is 5.91. The van der Waals surface area contributed by atoms with Crippen molar-refractivity contribution in [1.29, 1.82) is 0 Å². The Morgan fingerprint density at radius 2 is 2.06 bits per heavy atom. The van der Waals surface area contributed by atoms with E-state index in [9.17, 15) is 4.79 Å². The number of hydrogen-bond acceptors (Lipinski definition) is 3. The van der Waals surface area contributed by atoms with E-state index in [0.29, 0.717) is 18.6 Å². The lowest BCUT2D eigenvalue weighted by molar-refractivity contribution is -0.119. The molecule has 0 aliphatic carbocycles. The van der Waals surface area contributed by atoms with Gasteiger partial charge < -0.3 is 4.90 Å². The highest BCUT2D eigenvalue weighted by Crippen LogP contribution is 2.03. The van der Waals surface area contributed by atoms with Crippen LogP contribution in [-0.4, -0.2) is 40.1 Å². The zero-order chi connectivity index (χ0) is 12.7. The summed E-state index contributed by atoms with van der Waals surface area (Å²) in [7, 11) is 1.89. The highest BCUT2D eigenvalue weighted by molar-refractivity contribution is 5.78. The molecule has 1 aromatic heterocycles. The van der Waals surface area contributed by atoms with Crippen molar-refractivity contribution in [2.45, 2.75) is 33.1 Å². The Morgan fingerprint density at radius 1 is 1.35 bits per heavy atom. The number of ketones is 1. The maximum Gasteiger partial charge on any atom is 0.134 e. The van der Waals surface area contributed by atoms with Gasteiger partial charge in [0, 0.05) is 32.6 Å². The third-order valence-corrected chi connectivity index (χ3v) is 3.05. The number of nitrogens with zero attached hydrogens (tertiary/aromatic N) is 3. The van der Waals surface area contributed by atoms with Crippen LogP contribution < -0.4 is 0 Å². The van der Waals surface area contributed by atoms with Crippen LogP contribution in [0.25, 0.3) is 0 Å². The van der Waals surface area contributed by atoms with Crippen LogP contribution in [0.2, 0.25) is 0 Å². The van der Waals surface area contributed by atoms with E-state index in [1.165, 1.54) is 0 Å². The molecule has 0 radical (unpaired) electrons. The summed E-state index contributed by atoms with van der Waals surface area (Å²) in [6.45, 7) is 7.19. The molecule has 0 amide bonds. The van der Waals surface area contributed by atoms with E-state index in [1.54, 1.807) is 4.68 Å². The molecule has 0 aliphatic rings. The molecule has 0 aliphatic heterocycles. The second-order valence-corrected chi connectivity index (χ2v) is 4.34. The largest absolute Gasteiger partial charge is 0.303 e. The summed E-state index contributed by atoms with van der Waals surface area (Å²) in [4.78, 5) is 14.0. The van der Waals surface area contributed by atoms with E-state index in [0.717, 1.165) is 31.6 Å². The van der Waals surface area contributed by atoms with Gasteiger partial charge in [0.15, 0.2) is 0 Å². The zero-order valence-electron chi connectivity index (χ0n) is 11.1. The van der Waals surface area contributed by atoms with Crippen molar-refractivity contribution >= 4 is 5.78 Å². The number of aryl methyl sites for hydroxylation is 2. The molecule has 0 aromatic carbocycles. The first kappa shape index (κ1) is 13.9. The summed E-state index contributed by atoms with van der Waals surface area (Å²) >= 11 is 0. The van der Waals surface area contributed by atoms with E-state index in [1.807, 2.05) is 19.4 Å². The molecule has 1 aromatic rings. The fourth-order valence-corrected chi connectivity index (χ4v) is 1.83. The summed E-state index contributed by atoms with van der Waals surface area (Å²) < 4.78 is 1.77. The minimum Gasteiger partial charge on any atom is -0.303 e. The first-order valence-electron chi connectivity index (χ1n) is 6.37. The van der Waals surface area contributed by atoms with Crippen LogP contribution in [0.1, 0.15) is 32.3 Å². The van der Waals surface area contributed by atoms with Crippen LogP contribution >= 0.6 is 0 Å². The van der Waals surface area contributed by atoms with Gasteiger partial charge in [0.05, 0.1) is 6.20 Å². The lowest BCUT2D eigenvalue weighted by Crippen LogP contribution is -2.25. The maximum atomic E-state index is 11.7. The predicted octanol–water partition coefficient (Wildman–Crippen LogP) is 1.65. The molecule has 4 nitrogen and oxygen atoms in total. The normalized spacial score (nSPS) is 11.1. The maximum absolute atomic E-state index is 11.7. The molecular weight excluding hydrogens is 214 g/mol. The fraction of sp³-hybridized carbons (Fsp3) is 0.692. The van der Waals surface area contributed by atoms with E-state index >= 15 is 0 Å². The van der Waals surface area contributed by atoms with Gasteiger partial charge in [-0.15, -0.1) is 0 Å². The molecule has 0 spiro atoms. The van der Waals surface area contributed by atoms with Crippen molar-refractivity contribution < 1.29 is 4.79 Å². The molecule has 0 unspecified atom stereocenters. The third-order valence-electron chi connectivity index (χ3n) is 3.05. The lowest BCUT2D eigenvalue weighted by Gasteiger charge is -2.16. The molecule has 1 rings (SSSR count). The van der Waals surface area contributed by atoms with Gasteiger partial charge in [0.2, 0.25) is 0 Å². The van der Waals surface area contributed by atoms with Crippen molar-refractivity contribution in [3.63, 3.8) is 0 Å². The molecule has 1 heterocycles. The van der Waals surface area contributed by atoms with Crippen LogP contribution in [0.15, 0.2) is 12.4 Å². The van der Waals surface area contributed by atoms with E-state index < -0.39 is 0 Å². The summed E-state index contributed by atoms with van der Waals surface area (Å²) in [5.41, 5.74) is 1.14. The minimum atomic E-state index is 0.348. The number of aromatic nitrogens is 2. The van der Waals surface area contributed by atoms with Gasteiger partial charge in [-0.3, -0.25) is 9.48 Å². The Morgan fingerprint density at radius 3 is 2.59 bits per heavy atom. The number of rotatable bonds is 8. The minimum absolute atomic E-state index is 0.348. The molecular formula is C13H23N3O. The Labute approximate surface area is 104 Å². The van der Waals surface area contributed by atoms with Gasteiger partial charge >= 0.3 is 0 Å². The van der Waals surface area contributed by atoms with Crippen molar-refractivity contribution in [2.75, 3.05) is 19.6 Å². The first-order valence-corrected chi connectivity index (χ1v) is 6.37. The number of hydrogen-bond donors (Lipinski definition) is 0. The van der Waals surface area contributed by atoms with Gasteiger partial charge in [-0.05, 0) is 25.1 Å². The van der Waals surface area contributed by atoms with Gasteiger partial charge in [-0.1, -0.05) is 13.8 Å². The van der Waals surface area contributed by atoms with Crippen molar-refractivity contribution in [3.05, 3.63) is 18.0 Å². The average molecular weight is 237 g/mol. The highest BCUT2D eigenvalue weighted by atomic mass is 16.1. The van der Waals surface area contributed by atoms with Crippen molar-refractivity contribution in [2.24, 2.45) is 7.05 Å². The molecule has 0 bridgehead atoms. The molecule has 4 heteroatoms. The van der Waals surface area contributed by atoms with Crippen molar-refractivity contribution in [3.8, 4) is 0 Å². The standard InChI is InChI=1S/C13H23N3O/c1-4-16(5-2)9-8-13(17)7-6-12-10-14-15(3)11-12/h10-11H,4-9H2,1-3H3. The molecule has 0 N–H and O–H groups in total. The van der Waals surface area contributed by atoms with E-state index in [-0.39, 0.29) is 0 Å². The highest BCUT2D eigenvalue weighted by Gasteiger charge is 2.06. The van der Waals surface area contributed by atoms with Crippen LogP contribution in [0, 0.1) is 0 Å². The van der Waals surface area contributed by atoms with Crippen LogP contribution in [0.4, 0.5) is 0 Å². The Hall–Kier alpha value is -1.16. The third kappa shape index (κ3) is 5.13. The smallest absolute Gasteiger partial charge is 0.134 e. The molecule has 0 atom stereocenters. The van der Waals surface area contributed by atoms with Crippen LogP contribution in [-0.2, 0) is 18.3 Å². The van der Waals surface area contributed by atoms with Gasteiger partial charge in [-0.2, -0.15) is 5.10 Å². The van der Waals surface area contributed by atoms with Gasteiger partial charge in [-0.25, -0.2) is 0 Å². The Bertz CT molecular complexity index is 342. The molecule has 0 saturated heterocycles. The monoisotopic (exact) mass is 237 g/mol. The summed E-state index contributed by atoms with van der Waals surface area (Å²) in [6.07, 6.45) is 5.91. The van der Waals surface area contributed by atoms with Crippen LogP contribution in [0.5, 0.6) is 0 Å². The predicted molar refractivity (Wildman–Crippen MR) is 68.9 cm³/mol. The second-order valence-electron chi connectivity index (χ2n) is 4.34. The van der Waals surface area contributed by atoms with Gasteiger partial charge in [0.25, 0.3) is 0 Å². The SMILES string of the molecule is CCN(CC)CCC(=O)CCc1cnn(C)c1. The number of Topliss-reactive ketones (excluding diaryl/α,β-unsaturated/α-hetero) is 1. The number of carbonyl (C=O) groups is 1. The van der Waals surface area contributed by atoms with Crippen LogP contribution in [0.3, 0.4) is 0 Å². The number of carbonyl (C=O) groups excluding carboxylic acids is 1. The topological polar surface area (TPSA) is 38.1 Å². The summed E-state index contributed by atoms with van der Waals surface area (Å²) in [5.74, 6) is 0.348. The Balaban J connectivity index is 2.21. The zero-order valence-corrected chi connectivity index (χ0v) is 11.1. The average Bonchev–Trinajstić information content (AvgIpc) is 2.74. The summed E-state index contributed by atoms with van der Waals surface area (Å²) in [6, 6.07) is 0.